The van der Waals surface area contributed by atoms with Crippen LogP contribution in [0.1, 0.15) is 6.42 Å². The summed E-state index contributed by atoms with van der Waals surface area (Å²) in [6, 6.07) is -1.17. The van der Waals surface area contributed by atoms with Gasteiger partial charge in [0.25, 0.3) is 0 Å². The fraction of sp³-hybridized carbons (Fsp3) is 0.750. The van der Waals surface area contributed by atoms with Crippen molar-refractivity contribution < 1.29 is 14.7 Å². The number of hydrogen-bond acceptors (Lipinski definition) is 3. The zero-order chi connectivity index (χ0) is 11.1. The second kappa shape index (κ2) is 6.53. The van der Waals surface area contributed by atoms with Gasteiger partial charge in [-0.25, -0.2) is 9.59 Å². The normalized spacial score (nSPS) is 11.9. The van der Waals surface area contributed by atoms with Gasteiger partial charge in [-0.2, -0.15) is 11.8 Å². The first-order valence-electron chi connectivity index (χ1n) is 4.18. The number of amides is 2. The van der Waals surface area contributed by atoms with Crippen LogP contribution in [0.25, 0.3) is 0 Å². The number of carbonyl (C=O) groups excluding carboxylic acids is 1. The Balaban J connectivity index is 4.09. The fourth-order valence-electron chi connectivity index (χ4n) is 0.771. The summed E-state index contributed by atoms with van der Waals surface area (Å²) in [5.41, 5.74) is 0. The van der Waals surface area contributed by atoms with E-state index in [0.717, 1.165) is 0 Å². The molecule has 1 unspecified atom stereocenters. The predicted molar refractivity (Wildman–Crippen MR) is 56.6 cm³/mol. The van der Waals surface area contributed by atoms with Gasteiger partial charge in [0.15, 0.2) is 0 Å². The standard InChI is InChI=1S/C8H16N2O3S/c1-10(2)8(13)9-6(7(11)12)4-5-14-3/h6H,4-5H2,1-3H3,(H,9,13)(H,11,12). The number of aliphatic carboxylic acids is 1. The van der Waals surface area contributed by atoms with Crippen LogP contribution in [0.15, 0.2) is 0 Å². The summed E-state index contributed by atoms with van der Waals surface area (Å²) in [7, 11) is 3.14. The van der Waals surface area contributed by atoms with Gasteiger partial charge in [0.1, 0.15) is 6.04 Å². The molecule has 0 radical (unpaired) electrons. The number of carbonyl (C=O) groups is 2. The predicted octanol–water partition coefficient (Wildman–Crippen LogP) is 0.464. The number of nitrogens with zero attached hydrogens (tertiary/aromatic N) is 1. The van der Waals surface area contributed by atoms with E-state index in [1.807, 2.05) is 6.26 Å². The third-order valence-corrected chi connectivity index (χ3v) is 2.26. The summed E-state index contributed by atoms with van der Waals surface area (Å²) >= 11 is 1.55. The van der Waals surface area contributed by atoms with Crippen LogP contribution in [0.5, 0.6) is 0 Å². The monoisotopic (exact) mass is 220 g/mol. The molecule has 2 N–H and O–H groups in total. The maximum absolute atomic E-state index is 11.2. The van der Waals surface area contributed by atoms with Crippen LogP contribution < -0.4 is 5.32 Å². The molecule has 0 heterocycles. The Hall–Kier alpha value is -0.910. The molecule has 0 saturated heterocycles. The lowest BCUT2D eigenvalue weighted by Gasteiger charge is -2.17. The lowest BCUT2D eigenvalue weighted by Crippen LogP contribution is -2.45. The molecule has 5 nitrogen and oxygen atoms in total. The molecule has 0 aliphatic carbocycles. The van der Waals surface area contributed by atoms with Gasteiger partial charge < -0.3 is 15.3 Å². The highest BCUT2D eigenvalue weighted by atomic mass is 32.2. The van der Waals surface area contributed by atoms with Crippen molar-refractivity contribution in [1.29, 1.82) is 0 Å². The highest BCUT2D eigenvalue weighted by molar-refractivity contribution is 7.98. The average Bonchev–Trinajstić information content (AvgIpc) is 2.10. The second-order valence-electron chi connectivity index (χ2n) is 3.02. The number of nitrogens with one attached hydrogen (secondary N) is 1. The van der Waals surface area contributed by atoms with E-state index in [9.17, 15) is 9.59 Å². The van der Waals surface area contributed by atoms with Gasteiger partial charge in [-0.3, -0.25) is 0 Å². The number of hydrogen-bond donors (Lipinski definition) is 2. The molecular formula is C8H16N2O3S. The first kappa shape index (κ1) is 13.1. The molecule has 0 fully saturated rings. The van der Waals surface area contributed by atoms with Gasteiger partial charge in [-0.1, -0.05) is 0 Å². The number of carboxylic acids is 1. The lowest BCUT2D eigenvalue weighted by atomic mass is 10.2. The van der Waals surface area contributed by atoms with Gasteiger partial charge >= 0.3 is 12.0 Å². The van der Waals surface area contributed by atoms with E-state index >= 15 is 0 Å². The molecule has 0 aromatic rings. The Labute approximate surface area is 87.8 Å². The van der Waals surface area contributed by atoms with E-state index in [2.05, 4.69) is 5.32 Å². The number of thioether (sulfide) groups is 1. The number of urea groups is 1. The summed E-state index contributed by atoms with van der Waals surface area (Å²) < 4.78 is 0. The van der Waals surface area contributed by atoms with Crippen molar-refractivity contribution in [2.45, 2.75) is 12.5 Å². The maximum atomic E-state index is 11.2. The Kier molecular flexibility index (Phi) is 6.11. The molecule has 0 aromatic carbocycles. The molecule has 0 rings (SSSR count). The van der Waals surface area contributed by atoms with Crippen LogP contribution >= 0.6 is 11.8 Å². The van der Waals surface area contributed by atoms with Gasteiger partial charge in [-0.05, 0) is 18.4 Å². The van der Waals surface area contributed by atoms with E-state index in [1.54, 1.807) is 25.9 Å². The van der Waals surface area contributed by atoms with Crippen molar-refractivity contribution in [3.05, 3.63) is 0 Å². The van der Waals surface area contributed by atoms with Gasteiger partial charge in [-0.15, -0.1) is 0 Å². The topological polar surface area (TPSA) is 69.6 Å². The van der Waals surface area contributed by atoms with Crippen molar-refractivity contribution in [1.82, 2.24) is 10.2 Å². The van der Waals surface area contributed by atoms with Crippen LogP contribution in [0, 0.1) is 0 Å². The lowest BCUT2D eigenvalue weighted by molar-refractivity contribution is -0.139. The largest absolute Gasteiger partial charge is 0.480 e. The highest BCUT2D eigenvalue weighted by Gasteiger charge is 2.19. The molecule has 0 aliphatic rings. The van der Waals surface area contributed by atoms with Crippen molar-refractivity contribution in [3.8, 4) is 0 Å². The van der Waals surface area contributed by atoms with Crippen molar-refractivity contribution in [2.75, 3.05) is 26.1 Å². The van der Waals surface area contributed by atoms with Crippen molar-refractivity contribution >= 4 is 23.8 Å². The zero-order valence-electron chi connectivity index (χ0n) is 8.61. The van der Waals surface area contributed by atoms with E-state index in [1.165, 1.54) is 4.90 Å². The molecule has 14 heavy (non-hydrogen) atoms. The SMILES string of the molecule is CSCCC(NC(=O)N(C)C)C(=O)O. The van der Waals surface area contributed by atoms with Crippen LogP contribution in [-0.2, 0) is 4.79 Å². The second-order valence-corrected chi connectivity index (χ2v) is 4.00. The van der Waals surface area contributed by atoms with Crippen LogP contribution in [-0.4, -0.2) is 54.2 Å². The zero-order valence-corrected chi connectivity index (χ0v) is 9.43. The third kappa shape index (κ3) is 4.96. The Bertz CT molecular complexity index is 209. The molecule has 0 spiro atoms. The summed E-state index contributed by atoms with van der Waals surface area (Å²) in [4.78, 5) is 23.2. The summed E-state index contributed by atoms with van der Waals surface area (Å²) in [5, 5.41) is 11.2. The van der Waals surface area contributed by atoms with Gasteiger partial charge in [0.05, 0.1) is 0 Å². The smallest absolute Gasteiger partial charge is 0.326 e. The number of rotatable bonds is 5. The minimum Gasteiger partial charge on any atom is -0.480 e. The Morgan fingerprint density at radius 3 is 2.43 bits per heavy atom. The molecule has 1 atom stereocenters. The molecule has 2 amide bonds. The van der Waals surface area contributed by atoms with E-state index in [-0.39, 0.29) is 6.03 Å². The Morgan fingerprint density at radius 2 is 2.07 bits per heavy atom. The van der Waals surface area contributed by atoms with Gasteiger partial charge in [0, 0.05) is 14.1 Å². The molecule has 82 valence electrons. The van der Waals surface area contributed by atoms with E-state index in [4.69, 9.17) is 5.11 Å². The average molecular weight is 220 g/mol. The van der Waals surface area contributed by atoms with Crippen LogP contribution in [0.3, 0.4) is 0 Å². The molecule has 6 heteroatoms. The van der Waals surface area contributed by atoms with Crippen molar-refractivity contribution in [3.63, 3.8) is 0 Å². The maximum Gasteiger partial charge on any atom is 0.326 e. The highest BCUT2D eigenvalue weighted by Crippen LogP contribution is 2.01. The van der Waals surface area contributed by atoms with E-state index in [0.29, 0.717) is 12.2 Å². The minimum atomic E-state index is -0.991. The first-order chi connectivity index (χ1) is 6.49. The van der Waals surface area contributed by atoms with Crippen LogP contribution in [0.2, 0.25) is 0 Å². The first-order valence-corrected chi connectivity index (χ1v) is 5.58. The van der Waals surface area contributed by atoms with E-state index < -0.39 is 12.0 Å². The summed E-state index contributed by atoms with van der Waals surface area (Å²) in [6.07, 6.45) is 2.34. The van der Waals surface area contributed by atoms with Crippen LogP contribution in [0.4, 0.5) is 4.79 Å². The fourth-order valence-corrected chi connectivity index (χ4v) is 1.24. The quantitative estimate of drug-likeness (QED) is 0.706. The van der Waals surface area contributed by atoms with Crippen molar-refractivity contribution in [2.24, 2.45) is 0 Å². The van der Waals surface area contributed by atoms with Gasteiger partial charge in [0.2, 0.25) is 0 Å². The summed E-state index contributed by atoms with van der Waals surface area (Å²) in [5.74, 6) is -0.278. The minimum absolute atomic E-state index is 0.376. The molecule has 0 aliphatic heterocycles. The third-order valence-electron chi connectivity index (χ3n) is 1.61. The number of carboxylic acid groups (broad SMARTS) is 1. The Morgan fingerprint density at radius 1 is 1.50 bits per heavy atom. The molecular weight excluding hydrogens is 204 g/mol. The molecule has 0 saturated carbocycles. The molecule has 0 aromatic heterocycles. The molecule has 0 bridgehead atoms. The summed E-state index contributed by atoms with van der Waals surface area (Å²) in [6.45, 7) is 0.